The van der Waals surface area contributed by atoms with Crippen LogP contribution in [0.4, 0.5) is 5.69 Å². The number of likely N-dealkylation sites (N-methyl/N-ethyl adjacent to an activating group) is 1. The number of aryl methyl sites for hydroxylation is 1. The molecule has 0 radical (unpaired) electrons. The van der Waals surface area contributed by atoms with Gasteiger partial charge in [0.15, 0.2) is 0 Å². The van der Waals surface area contributed by atoms with Crippen LogP contribution in [0, 0.1) is 23.7 Å². The van der Waals surface area contributed by atoms with Gasteiger partial charge in [-0.3, -0.25) is 4.79 Å². The lowest BCUT2D eigenvalue weighted by molar-refractivity contribution is -0.115. The summed E-state index contributed by atoms with van der Waals surface area (Å²) < 4.78 is 41.2. The number of aliphatic hydroxyl groups excluding tert-OH is 2. The number of fused-ring (bicyclic) bond motifs is 4. The SMILES string of the molecule is CN(C)C(CO)CO.COC[C@H]1[C@@H](C)CCCC(C=O)[C@@H]2CC[C@H]2CN2C[C@@]3(CCCc4cc(Cl)ccc43)COc3ccc(cc32)C(=O)NS1(=O)=O. The van der Waals surface area contributed by atoms with Crippen LogP contribution in [-0.2, 0) is 31.4 Å². The van der Waals surface area contributed by atoms with Crippen molar-refractivity contribution in [1.29, 1.82) is 0 Å². The van der Waals surface area contributed by atoms with E-state index in [-0.39, 0.29) is 54.6 Å². The number of halogens is 1. The molecule has 4 aliphatic rings. The first kappa shape index (κ1) is 40.4. The number of rotatable bonds is 6. The number of aliphatic hydroxyl groups is 2. The number of aldehydes is 1. The third-order valence-electron chi connectivity index (χ3n) is 11.9. The van der Waals surface area contributed by atoms with Gasteiger partial charge in [0, 0.05) is 42.1 Å². The molecule has 1 amide bonds. The van der Waals surface area contributed by atoms with Crippen LogP contribution in [0.25, 0.3) is 0 Å². The second-order valence-electron chi connectivity index (χ2n) is 15.4. The van der Waals surface area contributed by atoms with Gasteiger partial charge in [-0.25, -0.2) is 13.1 Å². The molecule has 6 rings (SSSR count). The monoisotopic (exact) mass is 761 g/mol. The number of benzene rings is 2. The van der Waals surface area contributed by atoms with Crippen molar-refractivity contribution in [2.45, 2.75) is 75.0 Å². The zero-order chi connectivity index (χ0) is 37.6. The van der Waals surface area contributed by atoms with E-state index >= 15 is 0 Å². The van der Waals surface area contributed by atoms with E-state index < -0.39 is 21.2 Å². The van der Waals surface area contributed by atoms with Gasteiger partial charge >= 0.3 is 0 Å². The maximum atomic E-state index is 13.5. The molecular weight excluding hydrogens is 706 g/mol. The van der Waals surface area contributed by atoms with Crippen molar-refractivity contribution in [3.63, 3.8) is 0 Å². The van der Waals surface area contributed by atoms with Crippen LogP contribution in [0.3, 0.4) is 0 Å². The van der Waals surface area contributed by atoms with E-state index in [9.17, 15) is 18.0 Å². The largest absolute Gasteiger partial charge is 0.490 e. The molecule has 52 heavy (non-hydrogen) atoms. The van der Waals surface area contributed by atoms with E-state index in [4.69, 9.17) is 31.3 Å². The van der Waals surface area contributed by atoms with E-state index in [0.29, 0.717) is 31.2 Å². The summed E-state index contributed by atoms with van der Waals surface area (Å²) in [6.07, 6.45) is 8.21. The highest BCUT2D eigenvalue weighted by Crippen LogP contribution is 2.47. The van der Waals surface area contributed by atoms with Crippen LogP contribution in [-0.4, -0.2) is 108 Å². The number of nitrogens with one attached hydrogen (secondary N) is 1. The van der Waals surface area contributed by atoms with E-state index in [1.54, 1.807) is 23.1 Å². The van der Waals surface area contributed by atoms with Crippen molar-refractivity contribution in [2.24, 2.45) is 23.7 Å². The Bertz CT molecular complexity index is 1650. The van der Waals surface area contributed by atoms with Gasteiger partial charge < -0.3 is 34.3 Å². The fourth-order valence-corrected chi connectivity index (χ4v) is 10.3. The van der Waals surface area contributed by atoms with Gasteiger partial charge in [0.05, 0.1) is 38.2 Å². The van der Waals surface area contributed by atoms with Gasteiger partial charge in [-0.05, 0) is 118 Å². The second-order valence-corrected chi connectivity index (χ2v) is 17.8. The Morgan fingerprint density at radius 3 is 2.52 bits per heavy atom. The topological polar surface area (TPSA) is 146 Å². The molecule has 6 atom stereocenters. The summed E-state index contributed by atoms with van der Waals surface area (Å²) in [6.45, 7) is 3.82. The lowest BCUT2D eigenvalue weighted by Crippen LogP contribution is -2.49. The molecule has 0 aromatic heterocycles. The van der Waals surface area contributed by atoms with Gasteiger partial charge in [0.2, 0.25) is 10.0 Å². The molecule has 11 nitrogen and oxygen atoms in total. The Morgan fingerprint density at radius 1 is 1.12 bits per heavy atom. The maximum Gasteiger partial charge on any atom is 0.264 e. The molecule has 1 unspecified atom stereocenters. The van der Waals surface area contributed by atoms with Crippen LogP contribution in [0.5, 0.6) is 5.75 Å². The first-order chi connectivity index (χ1) is 24.9. The molecular formula is C39H56ClN3O8S. The Morgan fingerprint density at radius 2 is 1.88 bits per heavy atom. The lowest BCUT2D eigenvalue weighted by atomic mass is 9.65. The highest BCUT2D eigenvalue weighted by Gasteiger charge is 2.45. The minimum absolute atomic E-state index is 0.0174. The minimum Gasteiger partial charge on any atom is -0.490 e. The van der Waals surface area contributed by atoms with Gasteiger partial charge in [-0.15, -0.1) is 0 Å². The number of amides is 1. The number of ether oxygens (including phenoxy) is 2. The summed E-state index contributed by atoms with van der Waals surface area (Å²) >= 11 is 6.40. The van der Waals surface area contributed by atoms with Gasteiger partial charge in [-0.1, -0.05) is 31.0 Å². The fraction of sp³-hybridized carbons (Fsp3) is 0.641. The third-order valence-corrected chi connectivity index (χ3v) is 14.0. The van der Waals surface area contributed by atoms with Crippen molar-refractivity contribution in [1.82, 2.24) is 9.62 Å². The smallest absolute Gasteiger partial charge is 0.264 e. The number of carbonyl (C=O) groups is 2. The number of sulfonamides is 1. The van der Waals surface area contributed by atoms with E-state index in [1.165, 1.54) is 18.2 Å². The molecule has 1 saturated carbocycles. The zero-order valence-electron chi connectivity index (χ0n) is 30.9. The normalized spacial score (nSPS) is 28.7. The van der Waals surface area contributed by atoms with Crippen molar-refractivity contribution >= 4 is 39.5 Å². The summed E-state index contributed by atoms with van der Waals surface area (Å²) in [5.41, 5.74) is 3.29. The molecule has 288 valence electrons. The van der Waals surface area contributed by atoms with Gasteiger partial charge in [-0.2, -0.15) is 0 Å². The summed E-state index contributed by atoms with van der Waals surface area (Å²) in [6, 6.07) is 11.3. The standard InChI is InChI=1S/C34H43ClN2O6S.C5H13NO2/c1-22-5-3-6-26(18-38)28-11-8-25(28)17-37-20-34(14-4-7-23-15-27(35)10-12-29(23)34)21-43-31-13-9-24(16-30(31)37)33(39)36-44(40,41)32(22)19-42-2;1-6(2)5(3-7)4-8/h9-10,12-13,15-16,18,22,25-26,28,32H,3-8,11,14,17,19-21H2,1-2H3,(H,36,39);5,7-8H,3-4H2,1-2H3/t22-,25-,26?,28+,32-,34-;/m0./s1. The molecule has 1 spiro atoms. The molecule has 13 heteroatoms. The molecule has 3 N–H and O–H groups in total. The second kappa shape index (κ2) is 17.6. The third kappa shape index (κ3) is 8.96. The predicted octanol–water partition coefficient (Wildman–Crippen LogP) is 4.45. The lowest BCUT2D eigenvalue weighted by Gasteiger charge is -2.46. The number of methoxy groups -OCH3 is 1. The summed E-state index contributed by atoms with van der Waals surface area (Å²) in [4.78, 5) is 30.0. The number of nitrogens with zero attached hydrogens (tertiary/aromatic N) is 2. The molecule has 2 aromatic rings. The van der Waals surface area contributed by atoms with Crippen LogP contribution in [0.1, 0.15) is 73.4 Å². The van der Waals surface area contributed by atoms with Crippen LogP contribution in [0.2, 0.25) is 5.02 Å². The Labute approximate surface area is 314 Å². The Hall–Kier alpha value is -2.74. The zero-order valence-corrected chi connectivity index (χ0v) is 32.5. The molecule has 2 aromatic carbocycles. The van der Waals surface area contributed by atoms with E-state index in [0.717, 1.165) is 68.5 Å². The first-order valence-corrected chi connectivity index (χ1v) is 20.5. The van der Waals surface area contributed by atoms with Crippen LogP contribution in [0.15, 0.2) is 36.4 Å². The predicted molar refractivity (Wildman–Crippen MR) is 203 cm³/mol. The van der Waals surface area contributed by atoms with Crippen molar-refractivity contribution in [3.8, 4) is 5.75 Å². The van der Waals surface area contributed by atoms with Crippen LogP contribution >= 0.6 is 11.6 Å². The highest BCUT2D eigenvalue weighted by atomic mass is 35.5. The first-order valence-electron chi connectivity index (χ1n) is 18.5. The molecule has 2 aliphatic heterocycles. The summed E-state index contributed by atoms with van der Waals surface area (Å²) in [5.74, 6) is 0.321. The molecule has 1 fully saturated rings. The molecule has 0 saturated heterocycles. The molecule has 2 aliphatic carbocycles. The quantitative estimate of drug-likeness (QED) is 0.361. The minimum atomic E-state index is -4.04. The average Bonchev–Trinajstić information content (AvgIpc) is 3.25. The van der Waals surface area contributed by atoms with E-state index in [2.05, 4.69) is 21.8 Å². The fourth-order valence-electron chi connectivity index (χ4n) is 8.54. The average molecular weight is 762 g/mol. The Balaban J connectivity index is 0.000000587. The summed E-state index contributed by atoms with van der Waals surface area (Å²) in [5, 5.41) is 16.8. The number of anilines is 1. The van der Waals surface area contributed by atoms with E-state index in [1.807, 2.05) is 27.1 Å². The molecule has 2 heterocycles. The Kier molecular flexibility index (Phi) is 13.7. The maximum absolute atomic E-state index is 13.5. The van der Waals surface area contributed by atoms with Crippen molar-refractivity contribution in [3.05, 3.63) is 58.1 Å². The summed E-state index contributed by atoms with van der Waals surface area (Å²) in [7, 11) is 1.06. The van der Waals surface area contributed by atoms with Gasteiger partial charge in [0.25, 0.3) is 5.91 Å². The van der Waals surface area contributed by atoms with Gasteiger partial charge in [0.1, 0.15) is 17.3 Å². The highest BCUT2D eigenvalue weighted by molar-refractivity contribution is 7.90. The number of hydrogen-bond acceptors (Lipinski definition) is 10. The number of hydrogen-bond donors (Lipinski definition) is 3. The van der Waals surface area contributed by atoms with Crippen molar-refractivity contribution in [2.75, 3.05) is 65.6 Å². The van der Waals surface area contributed by atoms with Crippen molar-refractivity contribution < 1.29 is 37.7 Å². The van der Waals surface area contributed by atoms with Crippen LogP contribution < -0.4 is 14.4 Å². The molecule has 2 bridgehead atoms. The number of carbonyl (C=O) groups excluding carboxylic acids is 2.